The third kappa shape index (κ3) is 4.02. The van der Waals surface area contributed by atoms with Crippen molar-refractivity contribution in [3.05, 3.63) is 23.2 Å². The highest BCUT2D eigenvalue weighted by atomic mass is 32.2. The zero-order valence-electron chi connectivity index (χ0n) is 11.1. The zero-order chi connectivity index (χ0) is 15.2. The molecule has 0 saturated carbocycles. The number of hydrogen-bond acceptors (Lipinski definition) is 7. The summed E-state index contributed by atoms with van der Waals surface area (Å²) >= 11 is 2.78. The Morgan fingerprint density at radius 3 is 3.10 bits per heavy atom. The molecule has 0 spiro atoms. The summed E-state index contributed by atoms with van der Waals surface area (Å²) in [7, 11) is 0. The Hall–Kier alpha value is -1.93. The third-order valence-electron chi connectivity index (χ3n) is 2.54. The molecule has 8 heteroatoms. The number of benzene rings is 1. The van der Waals surface area contributed by atoms with Crippen LogP contribution in [0.25, 0.3) is 10.2 Å². The number of aliphatic carboxylic acids is 1. The summed E-state index contributed by atoms with van der Waals surface area (Å²) in [4.78, 5) is 29.7. The smallest absolute Gasteiger partial charge is 0.329 e. The molecule has 0 aliphatic heterocycles. The average Bonchev–Trinajstić information content (AvgIpc) is 2.85. The maximum absolute atomic E-state index is 11.0. The van der Waals surface area contributed by atoms with Gasteiger partial charge in [-0.1, -0.05) is 0 Å². The number of aliphatic imine (C=N–C) groups is 1. The number of hydrogen-bond donors (Lipinski definition) is 1. The number of thioether (sulfide) groups is 1. The number of thiazole rings is 1. The Kier molecular flexibility index (Phi) is 5.29. The van der Waals surface area contributed by atoms with Crippen LogP contribution in [0.5, 0.6) is 5.75 Å². The van der Waals surface area contributed by atoms with Crippen LogP contribution in [0.1, 0.15) is 5.01 Å². The minimum atomic E-state index is -0.955. The molecule has 1 N–H and O–H groups in total. The molecule has 0 bridgehead atoms. The van der Waals surface area contributed by atoms with Crippen molar-refractivity contribution in [2.45, 2.75) is 6.04 Å². The lowest BCUT2D eigenvalue weighted by atomic mass is 10.3. The second-order valence-electron chi connectivity index (χ2n) is 3.98. The second kappa shape index (κ2) is 7.19. The van der Waals surface area contributed by atoms with E-state index in [0.717, 1.165) is 10.2 Å². The number of carboxylic acids is 1. The molecule has 6 nitrogen and oxygen atoms in total. The predicted octanol–water partition coefficient (Wildman–Crippen LogP) is 2.07. The summed E-state index contributed by atoms with van der Waals surface area (Å²) in [6.45, 7) is 0.366. The first-order valence-corrected chi connectivity index (χ1v) is 8.11. The number of aromatic nitrogens is 1. The SMILES string of the molecule is CSC[C@@H](/N=C/c1nc2ccc(OC=O)cc2s1)C(=O)O. The lowest BCUT2D eigenvalue weighted by molar-refractivity contribution is -0.137. The van der Waals surface area contributed by atoms with Crippen molar-refractivity contribution in [2.75, 3.05) is 12.0 Å². The first-order valence-electron chi connectivity index (χ1n) is 5.90. The van der Waals surface area contributed by atoms with E-state index in [1.54, 1.807) is 18.2 Å². The van der Waals surface area contributed by atoms with Crippen molar-refractivity contribution in [1.82, 2.24) is 4.98 Å². The molecule has 0 aliphatic carbocycles. The fourth-order valence-electron chi connectivity index (χ4n) is 1.60. The van der Waals surface area contributed by atoms with Gasteiger partial charge in [0.2, 0.25) is 0 Å². The third-order valence-corrected chi connectivity index (χ3v) is 4.14. The van der Waals surface area contributed by atoms with Crippen LogP contribution in [-0.2, 0) is 9.59 Å². The van der Waals surface area contributed by atoms with Crippen LogP contribution in [0.15, 0.2) is 23.2 Å². The number of nitrogens with zero attached hydrogens (tertiary/aromatic N) is 2. The molecule has 1 heterocycles. The van der Waals surface area contributed by atoms with Gasteiger partial charge >= 0.3 is 5.97 Å². The van der Waals surface area contributed by atoms with Gasteiger partial charge in [-0.3, -0.25) is 9.79 Å². The first kappa shape index (κ1) is 15.5. The van der Waals surface area contributed by atoms with Crippen LogP contribution in [0.2, 0.25) is 0 Å². The number of carbonyl (C=O) groups is 2. The molecule has 1 aromatic heterocycles. The van der Waals surface area contributed by atoms with E-state index < -0.39 is 12.0 Å². The van der Waals surface area contributed by atoms with E-state index in [1.165, 1.54) is 29.3 Å². The van der Waals surface area contributed by atoms with Crippen molar-refractivity contribution in [3.63, 3.8) is 0 Å². The van der Waals surface area contributed by atoms with Gasteiger partial charge in [-0.15, -0.1) is 11.3 Å². The maximum atomic E-state index is 11.0. The minimum absolute atomic E-state index is 0.366. The topological polar surface area (TPSA) is 88.9 Å². The van der Waals surface area contributed by atoms with Gasteiger partial charge in [-0.05, 0) is 18.4 Å². The summed E-state index contributed by atoms with van der Waals surface area (Å²) in [5, 5.41) is 9.64. The van der Waals surface area contributed by atoms with E-state index in [0.29, 0.717) is 23.0 Å². The van der Waals surface area contributed by atoms with E-state index >= 15 is 0 Å². The second-order valence-corrected chi connectivity index (χ2v) is 5.96. The molecule has 0 radical (unpaired) electrons. The summed E-state index contributed by atoms with van der Waals surface area (Å²) in [6.07, 6.45) is 3.30. The van der Waals surface area contributed by atoms with Gasteiger partial charge in [-0.2, -0.15) is 11.8 Å². The number of carbonyl (C=O) groups excluding carboxylic acids is 1. The lowest BCUT2D eigenvalue weighted by Gasteiger charge is -2.03. The van der Waals surface area contributed by atoms with Crippen LogP contribution in [-0.4, -0.2) is 46.8 Å². The predicted molar refractivity (Wildman–Crippen MR) is 83.7 cm³/mol. The number of fused-ring (bicyclic) bond motifs is 1. The summed E-state index contributed by atoms with van der Waals surface area (Å²) in [5.74, 6) is -0.104. The maximum Gasteiger partial charge on any atom is 0.329 e. The molecular formula is C13H12N2O4S2. The molecule has 110 valence electrons. The molecule has 21 heavy (non-hydrogen) atoms. The van der Waals surface area contributed by atoms with Gasteiger partial charge < -0.3 is 9.84 Å². The minimum Gasteiger partial charge on any atom is -0.480 e. The quantitative estimate of drug-likeness (QED) is 0.619. The normalized spacial score (nSPS) is 12.6. The van der Waals surface area contributed by atoms with E-state index in [1.807, 2.05) is 6.26 Å². The van der Waals surface area contributed by atoms with Gasteiger partial charge in [0.15, 0.2) is 6.04 Å². The first-order chi connectivity index (χ1) is 10.1. The lowest BCUT2D eigenvalue weighted by Crippen LogP contribution is -2.20. The Labute approximate surface area is 128 Å². The highest BCUT2D eigenvalue weighted by Gasteiger charge is 2.14. The monoisotopic (exact) mass is 324 g/mol. The molecule has 1 aromatic carbocycles. The number of rotatable bonds is 7. The highest BCUT2D eigenvalue weighted by Crippen LogP contribution is 2.25. The van der Waals surface area contributed by atoms with Crippen LogP contribution in [0.4, 0.5) is 0 Å². The van der Waals surface area contributed by atoms with Gasteiger partial charge in [0, 0.05) is 11.8 Å². The van der Waals surface area contributed by atoms with Gasteiger partial charge in [0.1, 0.15) is 10.8 Å². The Bertz CT molecular complexity index is 684. The number of ether oxygens (including phenoxy) is 1. The van der Waals surface area contributed by atoms with Crippen LogP contribution < -0.4 is 4.74 Å². The van der Waals surface area contributed by atoms with Crippen molar-refractivity contribution >= 4 is 52.0 Å². The largest absolute Gasteiger partial charge is 0.480 e. The average molecular weight is 324 g/mol. The molecule has 1 atom stereocenters. The van der Waals surface area contributed by atoms with Crippen LogP contribution >= 0.6 is 23.1 Å². The fourth-order valence-corrected chi connectivity index (χ4v) is 3.02. The number of carboxylic acid groups (broad SMARTS) is 1. The summed E-state index contributed by atoms with van der Waals surface area (Å²) in [5.41, 5.74) is 0.747. The Morgan fingerprint density at radius 1 is 1.62 bits per heavy atom. The Balaban J connectivity index is 2.22. The molecule has 2 aromatic rings. The zero-order valence-corrected chi connectivity index (χ0v) is 12.7. The molecule has 0 unspecified atom stereocenters. The molecule has 0 saturated heterocycles. The molecule has 2 rings (SSSR count). The van der Waals surface area contributed by atoms with Crippen molar-refractivity contribution in [3.8, 4) is 5.75 Å². The molecule has 0 amide bonds. The van der Waals surface area contributed by atoms with Crippen molar-refractivity contribution in [2.24, 2.45) is 4.99 Å². The van der Waals surface area contributed by atoms with Crippen LogP contribution in [0.3, 0.4) is 0 Å². The van der Waals surface area contributed by atoms with Gasteiger partial charge in [-0.25, -0.2) is 9.78 Å². The standard InChI is InChI=1S/C13H12N2O4S2/c1-20-6-10(13(17)18)14-5-12-15-9-3-2-8(19-7-16)4-11(9)21-12/h2-5,7,10H,6H2,1H3,(H,17,18)/b14-5+/t10-/m1/s1. The summed E-state index contributed by atoms with van der Waals surface area (Å²) in [6, 6.07) is 4.31. The molecular weight excluding hydrogens is 312 g/mol. The Morgan fingerprint density at radius 2 is 2.43 bits per heavy atom. The fraction of sp³-hybridized carbons (Fsp3) is 0.231. The van der Waals surface area contributed by atoms with Crippen LogP contribution in [0, 0.1) is 0 Å². The van der Waals surface area contributed by atoms with E-state index in [4.69, 9.17) is 9.84 Å². The van der Waals surface area contributed by atoms with Crippen molar-refractivity contribution in [1.29, 1.82) is 0 Å². The van der Waals surface area contributed by atoms with Gasteiger partial charge in [0.05, 0.1) is 16.4 Å². The molecule has 0 aliphatic rings. The van der Waals surface area contributed by atoms with E-state index in [2.05, 4.69) is 9.98 Å². The van der Waals surface area contributed by atoms with Crippen molar-refractivity contribution < 1.29 is 19.4 Å². The molecule has 0 fully saturated rings. The van der Waals surface area contributed by atoms with E-state index in [9.17, 15) is 9.59 Å². The highest BCUT2D eigenvalue weighted by molar-refractivity contribution is 7.98. The van der Waals surface area contributed by atoms with Gasteiger partial charge in [0.25, 0.3) is 6.47 Å². The van der Waals surface area contributed by atoms with E-state index in [-0.39, 0.29) is 0 Å². The summed E-state index contributed by atoms with van der Waals surface area (Å²) < 4.78 is 5.61.